The lowest BCUT2D eigenvalue weighted by molar-refractivity contribution is 0.220. The Morgan fingerprint density at radius 3 is 2.67 bits per heavy atom. The standard InChI is InChI=1S/C14H11ClFIO/c1-8-5-11(12(15)7-13(8)16)14(18)9-3-2-4-10(17)6-9/h2-7,14,18H,1H3. The molecule has 1 atom stereocenters. The quantitative estimate of drug-likeness (QED) is 0.767. The Morgan fingerprint density at radius 2 is 2.00 bits per heavy atom. The Morgan fingerprint density at radius 1 is 1.28 bits per heavy atom. The lowest BCUT2D eigenvalue weighted by Gasteiger charge is -2.14. The van der Waals surface area contributed by atoms with Gasteiger partial charge in [0.15, 0.2) is 0 Å². The summed E-state index contributed by atoms with van der Waals surface area (Å²) >= 11 is 8.16. The molecule has 0 fully saturated rings. The Labute approximate surface area is 124 Å². The van der Waals surface area contributed by atoms with Crippen LogP contribution in [0, 0.1) is 16.3 Å². The van der Waals surface area contributed by atoms with Gasteiger partial charge in [-0.25, -0.2) is 4.39 Å². The van der Waals surface area contributed by atoms with Crippen LogP contribution in [0.15, 0.2) is 36.4 Å². The van der Waals surface area contributed by atoms with E-state index in [-0.39, 0.29) is 10.8 Å². The maximum Gasteiger partial charge on any atom is 0.127 e. The van der Waals surface area contributed by atoms with Gasteiger partial charge < -0.3 is 5.11 Å². The van der Waals surface area contributed by atoms with Gasteiger partial charge in [-0.3, -0.25) is 0 Å². The molecule has 0 aliphatic rings. The maximum absolute atomic E-state index is 13.3. The number of halogens is 3. The van der Waals surface area contributed by atoms with E-state index < -0.39 is 6.10 Å². The van der Waals surface area contributed by atoms with Crippen molar-refractivity contribution < 1.29 is 9.50 Å². The average molecular weight is 377 g/mol. The molecule has 0 bridgehead atoms. The third kappa shape index (κ3) is 2.84. The largest absolute Gasteiger partial charge is 0.384 e. The molecule has 1 N–H and O–H groups in total. The highest BCUT2D eigenvalue weighted by Gasteiger charge is 2.16. The number of benzene rings is 2. The van der Waals surface area contributed by atoms with Gasteiger partial charge in [0, 0.05) is 14.2 Å². The Balaban J connectivity index is 2.46. The van der Waals surface area contributed by atoms with Gasteiger partial charge >= 0.3 is 0 Å². The third-order valence-electron chi connectivity index (χ3n) is 2.74. The molecule has 2 aromatic rings. The predicted molar refractivity (Wildman–Crippen MR) is 79.4 cm³/mol. The van der Waals surface area contributed by atoms with E-state index in [0.717, 1.165) is 9.13 Å². The van der Waals surface area contributed by atoms with E-state index in [1.165, 1.54) is 6.07 Å². The van der Waals surface area contributed by atoms with Crippen molar-refractivity contribution in [1.82, 2.24) is 0 Å². The van der Waals surface area contributed by atoms with Gasteiger partial charge in [0.05, 0.1) is 0 Å². The zero-order chi connectivity index (χ0) is 13.3. The summed E-state index contributed by atoms with van der Waals surface area (Å²) in [5.41, 5.74) is 1.74. The fraction of sp³-hybridized carbons (Fsp3) is 0.143. The van der Waals surface area contributed by atoms with Crippen LogP contribution in [0.4, 0.5) is 4.39 Å². The minimum absolute atomic E-state index is 0.240. The van der Waals surface area contributed by atoms with Gasteiger partial charge in [-0.05, 0) is 64.9 Å². The first-order valence-electron chi connectivity index (χ1n) is 5.38. The minimum atomic E-state index is -0.841. The summed E-state index contributed by atoms with van der Waals surface area (Å²) < 4.78 is 14.3. The molecule has 0 aromatic heterocycles. The van der Waals surface area contributed by atoms with Gasteiger partial charge in [-0.2, -0.15) is 0 Å². The SMILES string of the molecule is Cc1cc(C(O)c2cccc(I)c2)c(Cl)cc1F. The van der Waals surface area contributed by atoms with Crippen LogP contribution in [0.2, 0.25) is 5.02 Å². The van der Waals surface area contributed by atoms with E-state index in [9.17, 15) is 9.50 Å². The molecule has 18 heavy (non-hydrogen) atoms. The van der Waals surface area contributed by atoms with E-state index in [4.69, 9.17) is 11.6 Å². The molecule has 0 aliphatic carbocycles. The van der Waals surface area contributed by atoms with Crippen LogP contribution in [0.5, 0.6) is 0 Å². The molecule has 4 heteroatoms. The molecule has 0 saturated heterocycles. The summed E-state index contributed by atoms with van der Waals surface area (Å²) in [6.45, 7) is 1.65. The monoisotopic (exact) mass is 376 g/mol. The molecule has 1 nitrogen and oxygen atoms in total. The first-order valence-corrected chi connectivity index (χ1v) is 6.84. The van der Waals surface area contributed by atoms with Crippen LogP contribution in [0.3, 0.4) is 0 Å². The zero-order valence-electron chi connectivity index (χ0n) is 9.62. The van der Waals surface area contributed by atoms with Crippen molar-refractivity contribution in [2.75, 3.05) is 0 Å². The molecule has 0 radical (unpaired) electrons. The molecule has 94 valence electrons. The second-order valence-corrected chi connectivity index (χ2v) is 5.73. The van der Waals surface area contributed by atoms with Crippen LogP contribution in [-0.4, -0.2) is 5.11 Å². The van der Waals surface area contributed by atoms with E-state index in [0.29, 0.717) is 11.1 Å². The fourth-order valence-corrected chi connectivity index (χ4v) is 2.57. The van der Waals surface area contributed by atoms with Crippen LogP contribution >= 0.6 is 34.2 Å². The summed E-state index contributed by atoms with van der Waals surface area (Å²) in [5, 5.41) is 10.5. The van der Waals surface area contributed by atoms with E-state index in [2.05, 4.69) is 22.6 Å². The van der Waals surface area contributed by atoms with E-state index >= 15 is 0 Å². The lowest BCUT2D eigenvalue weighted by Crippen LogP contribution is -2.02. The summed E-state index contributed by atoms with van der Waals surface area (Å²) in [4.78, 5) is 0. The highest BCUT2D eigenvalue weighted by Crippen LogP contribution is 2.30. The molecule has 0 amide bonds. The van der Waals surface area contributed by atoms with Crippen LogP contribution in [0.1, 0.15) is 22.8 Å². The lowest BCUT2D eigenvalue weighted by atomic mass is 10.00. The van der Waals surface area contributed by atoms with Crippen molar-refractivity contribution in [3.8, 4) is 0 Å². The highest BCUT2D eigenvalue weighted by atomic mass is 127. The fourth-order valence-electron chi connectivity index (χ4n) is 1.75. The topological polar surface area (TPSA) is 20.2 Å². The minimum Gasteiger partial charge on any atom is -0.384 e. The summed E-state index contributed by atoms with van der Waals surface area (Å²) in [7, 11) is 0. The van der Waals surface area contributed by atoms with Crippen LogP contribution < -0.4 is 0 Å². The normalized spacial score (nSPS) is 12.5. The van der Waals surface area contributed by atoms with Crippen molar-refractivity contribution in [3.05, 3.63) is 67.5 Å². The first kappa shape index (κ1) is 13.8. The van der Waals surface area contributed by atoms with Crippen LogP contribution in [-0.2, 0) is 0 Å². The predicted octanol–water partition coefficient (Wildman–Crippen LogP) is 4.47. The molecular formula is C14H11ClFIO. The average Bonchev–Trinajstić information content (AvgIpc) is 2.33. The smallest absolute Gasteiger partial charge is 0.127 e. The molecule has 1 unspecified atom stereocenters. The first-order chi connectivity index (χ1) is 8.49. The van der Waals surface area contributed by atoms with Crippen LogP contribution in [0.25, 0.3) is 0 Å². The molecule has 2 rings (SSSR count). The zero-order valence-corrected chi connectivity index (χ0v) is 12.5. The van der Waals surface area contributed by atoms with Crippen molar-refractivity contribution in [2.24, 2.45) is 0 Å². The van der Waals surface area contributed by atoms with Gasteiger partial charge in [0.2, 0.25) is 0 Å². The number of aliphatic hydroxyl groups is 1. The number of hydrogen-bond donors (Lipinski definition) is 1. The summed E-state index contributed by atoms with van der Waals surface area (Å²) in [5.74, 6) is -0.362. The van der Waals surface area contributed by atoms with E-state index in [1.54, 1.807) is 13.0 Å². The Kier molecular flexibility index (Phi) is 4.25. The third-order valence-corrected chi connectivity index (χ3v) is 3.74. The second-order valence-electron chi connectivity index (χ2n) is 4.08. The number of aryl methyl sites for hydroxylation is 1. The number of aliphatic hydroxyl groups excluding tert-OH is 1. The van der Waals surface area contributed by atoms with Crippen molar-refractivity contribution in [3.63, 3.8) is 0 Å². The van der Waals surface area contributed by atoms with Gasteiger partial charge in [-0.1, -0.05) is 23.7 Å². The molecule has 0 spiro atoms. The van der Waals surface area contributed by atoms with Crippen molar-refractivity contribution in [1.29, 1.82) is 0 Å². The molecule has 2 aromatic carbocycles. The Hall–Kier alpha value is -0.650. The van der Waals surface area contributed by atoms with Gasteiger partial charge in [-0.15, -0.1) is 0 Å². The molecule has 0 saturated carbocycles. The summed E-state index contributed by atoms with van der Waals surface area (Å²) in [6, 6.07) is 10.3. The Bertz CT molecular complexity index is 586. The number of hydrogen-bond acceptors (Lipinski definition) is 1. The molecule has 0 aliphatic heterocycles. The number of rotatable bonds is 2. The second kappa shape index (κ2) is 5.55. The van der Waals surface area contributed by atoms with Crippen molar-refractivity contribution >= 4 is 34.2 Å². The molecular weight excluding hydrogens is 366 g/mol. The maximum atomic E-state index is 13.3. The van der Waals surface area contributed by atoms with Gasteiger partial charge in [0.25, 0.3) is 0 Å². The van der Waals surface area contributed by atoms with Gasteiger partial charge in [0.1, 0.15) is 11.9 Å². The highest BCUT2D eigenvalue weighted by molar-refractivity contribution is 14.1. The van der Waals surface area contributed by atoms with E-state index in [1.807, 2.05) is 24.3 Å². The van der Waals surface area contributed by atoms with Crippen molar-refractivity contribution in [2.45, 2.75) is 13.0 Å². The molecule has 0 heterocycles. The summed E-state index contributed by atoms with van der Waals surface area (Å²) in [6.07, 6.45) is -0.841.